The SMILES string of the molecule is COCCCc1noc(-c2cc([N+](=O)[O-])ccc2N)n1. The lowest BCUT2D eigenvalue weighted by Crippen LogP contribution is -1.95. The maximum atomic E-state index is 10.8. The number of hydrogen-bond donors (Lipinski definition) is 1. The molecule has 1 aromatic heterocycles. The van der Waals surface area contributed by atoms with Crippen molar-refractivity contribution in [1.82, 2.24) is 10.1 Å². The molecule has 0 unspecified atom stereocenters. The summed E-state index contributed by atoms with van der Waals surface area (Å²) >= 11 is 0. The van der Waals surface area contributed by atoms with E-state index in [-0.39, 0.29) is 11.6 Å². The molecule has 0 spiro atoms. The van der Waals surface area contributed by atoms with Crippen LogP contribution in [0, 0.1) is 10.1 Å². The molecule has 0 fully saturated rings. The lowest BCUT2D eigenvalue weighted by Gasteiger charge is -1.99. The fraction of sp³-hybridized carbons (Fsp3) is 0.333. The normalized spacial score (nSPS) is 10.7. The van der Waals surface area contributed by atoms with Gasteiger partial charge in [0.25, 0.3) is 11.6 Å². The average Bonchev–Trinajstić information content (AvgIpc) is 2.88. The summed E-state index contributed by atoms with van der Waals surface area (Å²) in [7, 11) is 1.62. The summed E-state index contributed by atoms with van der Waals surface area (Å²) in [6, 6.07) is 4.10. The van der Waals surface area contributed by atoms with Crippen LogP contribution < -0.4 is 5.73 Å². The van der Waals surface area contributed by atoms with E-state index in [2.05, 4.69) is 10.1 Å². The number of aryl methyl sites for hydroxylation is 1. The molecule has 2 rings (SSSR count). The first-order valence-corrected chi connectivity index (χ1v) is 5.97. The second-order valence-electron chi connectivity index (χ2n) is 4.14. The van der Waals surface area contributed by atoms with Crippen LogP contribution in [-0.2, 0) is 11.2 Å². The number of hydrogen-bond acceptors (Lipinski definition) is 7. The molecule has 2 N–H and O–H groups in total. The van der Waals surface area contributed by atoms with Crippen LogP contribution in [0.1, 0.15) is 12.2 Å². The third-order valence-corrected chi connectivity index (χ3v) is 2.70. The van der Waals surface area contributed by atoms with Gasteiger partial charge < -0.3 is 15.0 Å². The first-order valence-electron chi connectivity index (χ1n) is 5.97. The summed E-state index contributed by atoms with van der Waals surface area (Å²) in [6.07, 6.45) is 1.37. The van der Waals surface area contributed by atoms with Crippen molar-refractivity contribution in [1.29, 1.82) is 0 Å². The molecule has 0 saturated heterocycles. The minimum Gasteiger partial charge on any atom is -0.398 e. The fourth-order valence-corrected chi connectivity index (χ4v) is 1.68. The first-order chi connectivity index (χ1) is 9.61. The van der Waals surface area contributed by atoms with Gasteiger partial charge in [-0.2, -0.15) is 4.98 Å². The summed E-state index contributed by atoms with van der Waals surface area (Å²) in [5.41, 5.74) is 6.42. The summed E-state index contributed by atoms with van der Waals surface area (Å²) in [4.78, 5) is 14.4. The van der Waals surface area contributed by atoms with Gasteiger partial charge in [0.05, 0.1) is 10.5 Å². The Labute approximate surface area is 114 Å². The van der Waals surface area contributed by atoms with Crippen LogP contribution in [0.15, 0.2) is 22.7 Å². The van der Waals surface area contributed by atoms with Gasteiger partial charge in [0, 0.05) is 38.0 Å². The van der Waals surface area contributed by atoms with Crippen molar-refractivity contribution < 1.29 is 14.2 Å². The molecule has 0 bridgehead atoms. The molecule has 0 radical (unpaired) electrons. The van der Waals surface area contributed by atoms with Crippen molar-refractivity contribution >= 4 is 11.4 Å². The molecule has 2 aromatic rings. The number of rotatable bonds is 6. The highest BCUT2D eigenvalue weighted by Crippen LogP contribution is 2.28. The highest BCUT2D eigenvalue weighted by molar-refractivity contribution is 5.73. The number of ether oxygens (including phenoxy) is 1. The minimum atomic E-state index is -0.501. The van der Waals surface area contributed by atoms with Crippen LogP contribution in [-0.4, -0.2) is 28.8 Å². The molecule has 0 saturated carbocycles. The molecule has 1 aromatic carbocycles. The van der Waals surface area contributed by atoms with Gasteiger partial charge in [-0.1, -0.05) is 5.16 Å². The lowest BCUT2D eigenvalue weighted by atomic mass is 10.1. The molecule has 0 atom stereocenters. The molecule has 0 amide bonds. The maximum Gasteiger partial charge on any atom is 0.270 e. The second-order valence-corrected chi connectivity index (χ2v) is 4.14. The molecule has 1 heterocycles. The Hall–Kier alpha value is -2.48. The number of nitro benzene ring substituents is 1. The largest absolute Gasteiger partial charge is 0.398 e. The first kappa shape index (κ1) is 13.9. The lowest BCUT2D eigenvalue weighted by molar-refractivity contribution is -0.384. The van der Waals surface area contributed by atoms with E-state index < -0.39 is 4.92 Å². The van der Waals surface area contributed by atoms with Crippen LogP contribution in [0.5, 0.6) is 0 Å². The number of anilines is 1. The van der Waals surface area contributed by atoms with Crippen molar-refractivity contribution in [3.05, 3.63) is 34.1 Å². The summed E-state index contributed by atoms with van der Waals surface area (Å²) in [5.74, 6) is 0.696. The number of methoxy groups -OCH3 is 1. The smallest absolute Gasteiger partial charge is 0.270 e. The standard InChI is InChI=1S/C12H14N4O4/c1-19-6-2-3-11-14-12(20-15-11)9-7-8(16(17)18)4-5-10(9)13/h4-5,7H,2-3,6,13H2,1H3. The zero-order chi connectivity index (χ0) is 14.5. The summed E-state index contributed by atoms with van der Waals surface area (Å²) in [6.45, 7) is 0.600. The maximum absolute atomic E-state index is 10.8. The molecule has 0 aliphatic heterocycles. The van der Waals surface area contributed by atoms with Crippen molar-refractivity contribution in [2.24, 2.45) is 0 Å². The van der Waals surface area contributed by atoms with Gasteiger partial charge in [0.15, 0.2) is 5.82 Å². The second kappa shape index (κ2) is 6.11. The predicted octanol–water partition coefficient (Wildman–Crippen LogP) is 1.81. The number of nitrogen functional groups attached to an aromatic ring is 1. The van der Waals surface area contributed by atoms with Gasteiger partial charge >= 0.3 is 0 Å². The van der Waals surface area contributed by atoms with Gasteiger partial charge in [-0.25, -0.2) is 0 Å². The molecule has 8 nitrogen and oxygen atoms in total. The molecule has 106 valence electrons. The Kier molecular flexibility index (Phi) is 4.26. The number of nitrogens with zero attached hydrogens (tertiary/aromatic N) is 3. The Morgan fingerprint density at radius 1 is 1.50 bits per heavy atom. The minimum absolute atomic E-state index is 0.0756. The topological polar surface area (TPSA) is 117 Å². The quantitative estimate of drug-likeness (QED) is 0.370. The molecular weight excluding hydrogens is 264 g/mol. The van der Waals surface area contributed by atoms with Crippen molar-refractivity contribution in [3.8, 4) is 11.5 Å². The van der Waals surface area contributed by atoms with Gasteiger partial charge in [-0.05, 0) is 12.5 Å². The van der Waals surface area contributed by atoms with E-state index in [0.29, 0.717) is 30.1 Å². The Balaban J connectivity index is 2.23. The fourth-order valence-electron chi connectivity index (χ4n) is 1.68. The predicted molar refractivity (Wildman–Crippen MR) is 71.0 cm³/mol. The highest BCUT2D eigenvalue weighted by Gasteiger charge is 2.16. The number of benzene rings is 1. The van der Waals surface area contributed by atoms with Gasteiger partial charge in [-0.15, -0.1) is 0 Å². The van der Waals surface area contributed by atoms with Crippen LogP contribution in [0.25, 0.3) is 11.5 Å². The van der Waals surface area contributed by atoms with E-state index in [1.807, 2.05) is 0 Å². The zero-order valence-corrected chi connectivity index (χ0v) is 10.9. The zero-order valence-electron chi connectivity index (χ0n) is 10.9. The molecular formula is C12H14N4O4. The Morgan fingerprint density at radius 2 is 2.30 bits per heavy atom. The molecule has 8 heteroatoms. The van der Waals surface area contributed by atoms with E-state index in [4.69, 9.17) is 15.0 Å². The summed E-state index contributed by atoms with van der Waals surface area (Å²) < 4.78 is 10.0. The van der Waals surface area contributed by atoms with E-state index in [9.17, 15) is 10.1 Å². The van der Waals surface area contributed by atoms with Crippen molar-refractivity contribution in [2.75, 3.05) is 19.5 Å². The Bertz CT molecular complexity index is 611. The van der Waals surface area contributed by atoms with Crippen LogP contribution in [0.3, 0.4) is 0 Å². The number of aromatic nitrogens is 2. The van der Waals surface area contributed by atoms with E-state index in [0.717, 1.165) is 6.42 Å². The number of nitro groups is 1. The molecule has 0 aliphatic carbocycles. The Morgan fingerprint density at radius 3 is 3.00 bits per heavy atom. The third-order valence-electron chi connectivity index (χ3n) is 2.70. The molecule has 20 heavy (non-hydrogen) atoms. The number of non-ortho nitro benzene ring substituents is 1. The van der Waals surface area contributed by atoms with Crippen LogP contribution in [0.2, 0.25) is 0 Å². The van der Waals surface area contributed by atoms with Gasteiger partial charge in [0.2, 0.25) is 0 Å². The van der Waals surface area contributed by atoms with Gasteiger partial charge in [-0.3, -0.25) is 10.1 Å². The molecule has 0 aliphatic rings. The van der Waals surface area contributed by atoms with E-state index >= 15 is 0 Å². The average molecular weight is 278 g/mol. The number of nitrogens with two attached hydrogens (primary N) is 1. The van der Waals surface area contributed by atoms with E-state index in [1.54, 1.807) is 7.11 Å². The van der Waals surface area contributed by atoms with Gasteiger partial charge in [0.1, 0.15) is 0 Å². The van der Waals surface area contributed by atoms with Crippen LogP contribution in [0.4, 0.5) is 11.4 Å². The summed E-state index contributed by atoms with van der Waals surface area (Å²) in [5, 5.41) is 14.6. The van der Waals surface area contributed by atoms with Crippen molar-refractivity contribution in [2.45, 2.75) is 12.8 Å². The van der Waals surface area contributed by atoms with E-state index in [1.165, 1.54) is 18.2 Å². The monoisotopic (exact) mass is 278 g/mol. The third kappa shape index (κ3) is 3.09. The van der Waals surface area contributed by atoms with Crippen LogP contribution >= 0.6 is 0 Å². The van der Waals surface area contributed by atoms with Crippen molar-refractivity contribution in [3.63, 3.8) is 0 Å². The highest BCUT2D eigenvalue weighted by atomic mass is 16.6.